The fraction of sp³-hybridized carbons (Fsp3) is 0.185. The molecule has 1 heterocycles. The molecule has 174 valence electrons. The molecule has 0 radical (unpaired) electrons. The third-order valence-corrected chi connectivity index (χ3v) is 6.36. The quantitative estimate of drug-likeness (QED) is 0.242. The molecule has 0 aliphatic rings. The number of hydrogen-bond acceptors (Lipinski definition) is 4. The van der Waals surface area contributed by atoms with Crippen molar-refractivity contribution in [3.05, 3.63) is 80.7 Å². The van der Waals surface area contributed by atoms with Gasteiger partial charge in [0.1, 0.15) is 11.3 Å². The van der Waals surface area contributed by atoms with Crippen LogP contribution >= 0.6 is 31.9 Å². The van der Waals surface area contributed by atoms with Gasteiger partial charge in [-0.25, -0.2) is 4.98 Å². The van der Waals surface area contributed by atoms with Crippen LogP contribution in [-0.2, 0) is 10.2 Å². The van der Waals surface area contributed by atoms with Gasteiger partial charge in [0.15, 0.2) is 5.58 Å². The van der Waals surface area contributed by atoms with E-state index in [1.807, 2.05) is 30.3 Å². The number of amides is 1. The highest BCUT2D eigenvalue weighted by molar-refractivity contribution is 9.11. The van der Waals surface area contributed by atoms with Crippen molar-refractivity contribution < 1.29 is 13.9 Å². The summed E-state index contributed by atoms with van der Waals surface area (Å²) in [6.45, 7) is 6.54. The van der Waals surface area contributed by atoms with Gasteiger partial charge in [0.05, 0.1) is 11.6 Å². The number of aromatic nitrogens is 1. The number of rotatable bonds is 5. The van der Waals surface area contributed by atoms with Crippen LogP contribution in [-0.4, -0.2) is 18.0 Å². The highest BCUT2D eigenvalue weighted by Gasteiger charge is 2.15. The lowest BCUT2D eigenvalue weighted by atomic mass is 9.87. The van der Waals surface area contributed by atoms with Crippen LogP contribution < -0.4 is 10.1 Å². The lowest BCUT2D eigenvalue weighted by Crippen LogP contribution is -2.10. The molecule has 4 rings (SSSR count). The lowest BCUT2D eigenvalue weighted by Gasteiger charge is -2.18. The molecule has 4 aromatic rings. The minimum absolute atomic E-state index is 0.0834. The lowest BCUT2D eigenvalue weighted by molar-refractivity contribution is -0.111. The Balaban J connectivity index is 1.51. The number of halogens is 2. The van der Waals surface area contributed by atoms with Gasteiger partial charge in [-0.3, -0.25) is 4.79 Å². The second-order valence-corrected chi connectivity index (χ2v) is 10.6. The van der Waals surface area contributed by atoms with Crippen molar-refractivity contribution >= 4 is 60.6 Å². The summed E-state index contributed by atoms with van der Waals surface area (Å²) in [7, 11) is 1.59. The molecule has 0 saturated heterocycles. The summed E-state index contributed by atoms with van der Waals surface area (Å²) in [5, 5.41) is 2.87. The van der Waals surface area contributed by atoms with Crippen LogP contribution in [0.25, 0.3) is 28.6 Å². The average Bonchev–Trinajstić information content (AvgIpc) is 3.20. The second kappa shape index (κ2) is 9.76. The molecule has 1 amide bonds. The smallest absolute Gasteiger partial charge is 0.248 e. The zero-order valence-corrected chi connectivity index (χ0v) is 22.5. The van der Waals surface area contributed by atoms with Gasteiger partial charge in [0.2, 0.25) is 11.8 Å². The number of carbonyl (C=O) groups excluding carboxylic acids is 1. The van der Waals surface area contributed by atoms with Crippen molar-refractivity contribution in [3.63, 3.8) is 0 Å². The van der Waals surface area contributed by atoms with Crippen molar-refractivity contribution in [2.45, 2.75) is 26.2 Å². The first-order valence-electron chi connectivity index (χ1n) is 10.7. The second-order valence-electron chi connectivity index (χ2n) is 8.86. The van der Waals surface area contributed by atoms with E-state index in [1.165, 1.54) is 11.6 Å². The maximum absolute atomic E-state index is 12.5. The Kier molecular flexibility index (Phi) is 6.96. The fourth-order valence-electron chi connectivity index (χ4n) is 3.51. The highest BCUT2D eigenvalue weighted by atomic mass is 79.9. The van der Waals surface area contributed by atoms with Gasteiger partial charge in [0.25, 0.3) is 0 Å². The number of anilines is 1. The fourth-order valence-corrected chi connectivity index (χ4v) is 4.93. The van der Waals surface area contributed by atoms with Crippen molar-refractivity contribution in [1.82, 2.24) is 4.98 Å². The molecular formula is C27H24Br2N2O3. The zero-order chi connectivity index (χ0) is 24.5. The molecule has 0 fully saturated rings. The molecule has 5 nitrogen and oxygen atoms in total. The van der Waals surface area contributed by atoms with Crippen molar-refractivity contribution in [2.24, 2.45) is 0 Å². The predicted octanol–water partition coefficient (Wildman–Crippen LogP) is 7.98. The van der Waals surface area contributed by atoms with Crippen LogP contribution in [0.1, 0.15) is 31.9 Å². The van der Waals surface area contributed by atoms with Gasteiger partial charge < -0.3 is 14.5 Å². The molecule has 1 N–H and O–H groups in total. The Bertz CT molecular complexity index is 1380. The maximum Gasteiger partial charge on any atom is 0.248 e. The van der Waals surface area contributed by atoms with Gasteiger partial charge in [-0.2, -0.15) is 0 Å². The summed E-state index contributed by atoms with van der Waals surface area (Å²) >= 11 is 6.92. The van der Waals surface area contributed by atoms with E-state index in [0.717, 1.165) is 20.1 Å². The topological polar surface area (TPSA) is 64.4 Å². The van der Waals surface area contributed by atoms with E-state index in [1.54, 1.807) is 25.3 Å². The average molecular weight is 584 g/mol. The molecule has 1 aromatic heterocycles. The molecule has 34 heavy (non-hydrogen) atoms. The first-order chi connectivity index (χ1) is 16.1. The maximum atomic E-state index is 12.5. The van der Waals surface area contributed by atoms with Gasteiger partial charge >= 0.3 is 0 Å². The summed E-state index contributed by atoms with van der Waals surface area (Å²) in [6.07, 6.45) is 3.17. The van der Waals surface area contributed by atoms with Crippen LogP contribution in [0, 0.1) is 0 Å². The standard InChI is InChI=1S/C27H24Br2N2O3/c1-27(2,3)18-8-5-16(6-9-18)26-31-22-15-20(10-11-23(22)34-26)30-24(32)12-7-17-13-19(28)14-21(29)25(17)33-4/h5-15H,1-4H3,(H,30,32). The first kappa shape index (κ1) is 24.2. The monoisotopic (exact) mass is 582 g/mol. The summed E-state index contributed by atoms with van der Waals surface area (Å²) in [5.41, 5.74) is 4.98. The van der Waals surface area contributed by atoms with Gasteiger partial charge in [0, 0.05) is 27.4 Å². The van der Waals surface area contributed by atoms with Gasteiger partial charge in [-0.05, 0) is 75.4 Å². The van der Waals surface area contributed by atoms with Crippen molar-refractivity contribution in [2.75, 3.05) is 12.4 Å². The molecule has 0 aliphatic heterocycles. The van der Waals surface area contributed by atoms with Crippen molar-refractivity contribution in [1.29, 1.82) is 0 Å². The summed E-state index contributed by atoms with van der Waals surface area (Å²) in [6, 6.07) is 17.4. The Morgan fingerprint density at radius 3 is 2.47 bits per heavy atom. The molecule has 7 heteroatoms. The molecule has 0 bridgehead atoms. The Hall–Kier alpha value is -2.90. The summed E-state index contributed by atoms with van der Waals surface area (Å²) < 4.78 is 13.0. The van der Waals surface area contributed by atoms with E-state index in [2.05, 4.69) is 75.1 Å². The normalized spacial score (nSPS) is 11.8. The summed E-state index contributed by atoms with van der Waals surface area (Å²) in [4.78, 5) is 17.1. The molecule has 0 atom stereocenters. The van der Waals surface area contributed by atoms with Crippen molar-refractivity contribution in [3.8, 4) is 17.2 Å². The molecule has 3 aromatic carbocycles. The van der Waals surface area contributed by atoms with Crippen LogP contribution in [0.5, 0.6) is 5.75 Å². The third-order valence-electron chi connectivity index (χ3n) is 5.31. The van der Waals surface area contributed by atoms with Gasteiger partial charge in [-0.1, -0.05) is 48.8 Å². The number of nitrogens with zero attached hydrogens (tertiary/aromatic N) is 1. The van der Waals surface area contributed by atoms with E-state index in [0.29, 0.717) is 28.4 Å². The first-order valence-corrected chi connectivity index (χ1v) is 12.3. The van der Waals surface area contributed by atoms with Crippen LogP contribution in [0.15, 0.2) is 74.0 Å². The van der Waals surface area contributed by atoms with Crippen LogP contribution in [0.4, 0.5) is 5.69 Å². The van der Waals surface area contributed by atoms with Crippen LogP contribution in [0.2, 0.25) is 0 Å². The predicted molar refractivity (Wildman–Crippen MR) is 144 cm³/mol. The molecule has 0 unspecified atom stereocenters. The minimum Gasteiger partial charge on any atom is -0.495 e. The minimum atomic E-state index is -0.265. The zero-order valence-electron chi connectivity index (χ0n) is 19.3. The SMILES string of the molecule is COc1c(Br)cc(Br)cc1C=CC(=O)Nc1ccc2oc(-c3ccc(C(C)(C)C)cc3)nc2c1. The summed E-state index contributed by atoms with van der Waals surface area (Å²) in [5.74, 6) is 0.935. The number of hydrogen-bond donors (Lipinski definition) is 1. The van der Waals surface area contributed by atoms with E-state index in [4.69, 9.17) is 9.15 Å². The molecule has 0 aliphatic carbocycles. The Morgan fingerprint density at radius 2 is 1.79 bits per heavy atom. The van der Waals surface area contributed by atoms with E-state index in [-0.39, 0.29) is 11.3 Å². The molecular weight excluding hydrogens is 560 g/mol. The van der Waals surface area contributed by atoms with E-state index < -0.39 is 0 Å². The van der Waals surface area contributed by atoms with Crippen LogP contribution in [0.3, 0.4) is 0 Å². The highest BCUT2D eigenvalue weighted by Crippen LogP contribution is 2.33. The third kappa shape index (κ3) is 5.42. The number of nitrogens with one attached hydrogen (secondary N) is 1. The Morgan fingerprint density at radius 1 is 1.06 bits per heavy atom. The molecule has 0 saturated carbocycles. The Labute approximate surface area is 215 Å². The number of methoxy groups -OCH3 is 1. The number of ether oxygens (including phenoxy) is 1. The largest absolute Gasteiger partial charge is 0.495 e. The number of oxazole rings is 1. The van der Waals surface area contributed by atoms with Gasteiger partial charge in [-0.15, -0.1) is 0 Å². The van der Waals surface area contributed by atoms with E-state index >= 15 is 0 Å². The number of benzene rings is 3. The number of carbonyl (C=O) groups is 1. The number of fused-ring (bicyclic) bond motifs is 1. The van der Waals surface area contributed by atoms with E-state index in [9.17, 15) is 4.79 Å². The molecule has 0 spiro atoms.